The van der Waals surface area contributed by atoms with Gasteiger partial charge in [-0.1, -0.05) is 6.07 Å². The van der Waals surface area contributed by atoms with Gasteiger partial charge in [-0.2, -0.15) is 0 Å². The summed E-state index contributed by atoms with van der Waals surface area (Å²) in [6.07, 6.45) is 1.65. The molecular formula is C14H17N3O3. The molecule has 0 spiro atoms. The molecular weight excluding hydrogens is 258 g/mol. The van der Waals surface area contributed by atoms with Gasteiger partial charge in [-0.15, -0.1) is 0 Å². The zero-order valence-electron chi connectivity index (χ0n) is 11.5. The number of anilines is 1. The molecule has 106 valence electrons. The second-order valence-electron chi connectivity index (χ2n) is 4.61. The molecule has 6 heteroatoms. The summed E-state index contributed by atoms with van der Waals surface area (Å²) < 4.78 is 5.29. The summed E-state index contributed by atoms with van der Waals surface area (Å²) in [4.78, 5) is 12.6. The molecule has 1 aromatic carbocycles. The van der Waals surface area contributed by atoms with Crippen LogP contribution in [0.15, 0.2) is 41.0 Å². The Kier molecular flexibility index (Phi) is 4.37. The first kappa shape index (κ1) is 14.1. The summed E-state index contributed by atoms with van der Waals surface area (Å²) >= 11 is 0. The van der Waals surface area contributed by atoms with E-state index in [9.17, 15) is 10.1 Å². The Labute approximate surface area is 117 Å². The van der Waals surface area contributed by atoms with Gasteiger partial charge in [0.25, 0.3) is 5.69 Å². The number of benzene rings is 1. The van der Waals surface area contributed by atoms with Crippen LogP contribution >= 0.6 is 0 Å². The van der Waals surface area contributed by atoms with E-state index in [-0.39, 0.29) is 10.6 Å². The van der Waals surface area contributed by atoms with Crippen LogP contribution in [-0.4, -0.2) is 23.9 Å². The zero-order valence-corrected chi connectivity index (χ0v) is 11.5. The van der Waals surface area contributed by atoms with Crippen molar-refractivity contribution in [1.82, 2.24) is 4.90 Å². The molecule has 1 heterocycles. The molecule has 0 saturated heterocycles. The van der Waals surface area contributed by atoms with Gasteiger partial charge in [-0.05, 0) is 30.8 Å². The van der Waals surface area contributed by atoms with E-state index in [0.717, 1.165) is 11.3 Å². The molecule has 20 heavy (non-hydrogen) atoms. The third-order valence-electron chi connectivity index (χ3n) is 2.99. The van der Waals surface area contributed by atoms with Gasteiger partial charge in [-0.3, -0.25) is 15.0 Å². The Morgan fingerprint density at radius 3 is 2.75 bits per heavy atom. The van der Waals surface area contributed by atoms with E-state index in [1.54, 1.807) is 25.4 Å². The number of nitrogens with one attached hydrogen (secondary N) is 1. The molecule has 0 aliphatic carbocycles. The fraction of sp³-hybridized carbons (Fsp3) is 0.286. The first-order valence-electron chi connectivity index (χ1n) is 6.26. The molecule has 1 N–H and O–H groups in total. The number of nitrogens with zero attached hydrogens (tertiary/aromatic N) is 2. The SMILES string of the molecule is CNc1cc(CN(C)Cc2ccco2)ccc1[N+](=O)[O-]. The molecule has 2 aromatic rings. The second-order valence-corrected chi connectivity index (χ2v) is 4.61. The predicted octanol–water partition coefficient (Wildman–Crippen LogP) is 2.86. The maximum atomic E-state index is 10.9. The smallest absolute Gasteiger partial charge is 0.292 e. The normalized spacial score (nSPS) is 10.8. The first-order chi connectivity index (χ1) is 9.60. The number of hydrogen-bond acceptors (Lipinski definition) is 5. The molecule has 0 unspecified atom stereocenters. The van der Waals surface area contributed by atoms with E-state index in [2.05, 4.69) is 10.2 Å². The van der Waals surface area contributed by atoms with E-state index in [0.29, 0.717) is 18.8 Å². The molecule has 2 rings (SSSR count). The lowest BCUT2D eigenvalue weighted by atomic mass is 10.1. The molecule has 0 atom stereocenters. The van der Waals surface area contributed by atoms with Crippen LogP contribution in [0.5, 0.6) is 0 Å². The van der Waals surface area contributed by atoms with Gasteiger partial charge >= 0.3 is 0 Å². The van der Waals surface area contributed by atoms with Crippen molar-refractivity contribution in [2.75, 3.05) is 19.4 Å². The first-order valence-corrected chi connectivity index (χ1v) is 6.26. The zero-order chi connectivity index (χ0) is 14.5. The van der Waals surface area contributed by atoms with E-state index < -0.39 is 0 Å². The fourth-order valence-electron chi connectivity index (χ4n) is 2.08. The molecule has 0 fully saturated rings. The van der Waals surface area contributed by atoms with Gasteiger partial charge in [0, 0.05) is 19.7 Å². The van der Waals surface area contributed by atoms with Crippen molar-refractivity contribution >= 4 is 11.4 Å². The third-order valence-corrected chi connectivity index (χ3v) is 2.99. The maximum Gasteiger partial charge on any atom is 0.292 e. The van der Waals surface area contributed by atoms with Crippen LogP contribution in [0, 0.1) is 10.1 Å². The largest absolute Gasteiger partial charge is 0.468 e. The minimum Gasteiger partial charge on any atom is -0.468 e. The fourth-order valence-corrected chi connectivity index (χ4v) is 2.08. The highest BCUT2D eigenvalue weighted by Crippen LogP contribution is 2.25. The van der Waals surface area contributed by atoms with Crippen LogP contribution < -0.4 is 5.32 Å². The van der Waals surface area contributed by atoms with Gasteiger partial charge in [0.05, 0.1) is 17.7 Å². The topological polar surface area (TPSA) is 71.5 Å². The molecule has 0 amide bonds. The van der Waals surface area contributed by atoms with Crippen LogP contribution in [0.25, 0.3) is 0 Å². The lowest BCUT2D eigenvalue weighted by molar-refractivity contribution is -0.384. The maximum absolute atomic E-state index is 10.9. The van der Waals surface area contributed by atoms with Gasteiger partial charge in [-0.25, -0.2) is 0 Å². The minimum absolute atomic E-state index is 0.0879. The monoisotopic (exact) mass is 275 g/mol. The van der Waals surface area contributed by atoms with Crippen molar-refractivity contribution in [3.05, 3.63) is 58.0 Å². The van der Waals surface area contributed by atoms with Crippen LogP contribution in [0.3, 0.4) is 0 Å². The molecule has 0 bridgehead atoms. The summed E-state index contributed by atoms with van der Waals surface area (Å²) in [5.41, 5.74) is 1.62. The molecule has 6 nitrogen and oxygen atoms in total. The number of rotatable bonds is 6. The van der Waals surface area contributed by atoms with Gasteiger partial charge in [0.2, 0.25) is 0 Å². The van der Waals surface area contributed by atoms with E-state index in [1.165, 1.54) is 6.07 Å². The summed E-state index contributed by atoms with van der Waals surface area (Å²) in [6, 6.07) is 8.88. The van der Waals surface area contributed by atoms with E-state index >= 15 is 0 Å². The summed E-state index contributed by atoms with van der Waals surface area (Å²) in [6.45, 7) is 1.38. The number of nitro groups is 1. The quantitative estimate of drug-likeness (QED) is 0.648. The standard InChI is InChI=1S/C14H17N3O3/c1-15-13-8-11(5-6-14(13)17(18)19)9-16(2)10-12-4-3-7-20-12/h3-8,15H,9-10H2,1-2H3. The van der Waals surface area contributed by atoms with Crippen molar-refractivity contribution in [1.29, 1.82) is 0 Å². The van der Waals surface area contributed by atoms with Crippen molar-refractivity contribution in [2.24, 2.45) is 0 Å². The van der Waals surface area contributed by atoms with E-state index in [4.69, 9.17) is 4.42 Å². The van der Waals surface area contributed by atoms with E-state index in [1.807, 2.05) is 19.2 Å². The highest BCUT2D eigenvalue weighted by Gasteiger charge is 2.13. The number of hydrogen-bond donors (Lipinski definition) is 1. The minimum atomic E-state index is -0.387. The van der Waals surface area contributed by atoms with Crippen molar-refractivity contribution < 1.29 is 9.34 Å². The van der Waals surface area contributed by atoms with Crippen LogP contribution in [0.1, 0.15) is 11.3 Å². The Bertz CT molecular complexity index is 581. The number of nitro benzene ring substituents is 1. The van der Waals surface area contributed by atoms with Gasteiger partial charge in [0.15, 0.2) is 0 Å². The van der Waals surface area contributed by atoms with Gasteiger partial charge in [0.1, 0.15) is 11.4 Å². The molecule has 0 aliphatic heterocycles. The van der Waals surface area contributed by atoms with Crippen molar-refractivity contribution in [3.8, 4) is 0 Å². The van der Waals surface area contributed by atoms with Crippen LogP contribution in [0.4, 0.5) is 11.4 Å². The summed E-state index contributed by atoms with van der Waals surface area (Å²) in [5.74, 6) is 0.892. The van der Waals surface area contributed by atoms with Crippen molar-refractivity contribution in [2.45, 2.75) is 13.1 Å². The Balaban J connectivity index is 2.07. The average molecular weight is 275 g/mol. The Morgan fingerprint density at radius 2 is 2.15 bits per heavy atom. The highest BCUT2D eigenvalue weighted by molar-refractivity contribution is 5.62. The predicted molar refractivity (Wildman–Crippen MR) is 76.5 cm³/mol. The summed E-state index contributed by atoms with van der Waals surface area (Å²) in [7, 11) is 3.65. The molecule has 0 saturated carbocycles. The molecule has 0 aliphatic rings. The van der Waals surface area contributed by atoms with Gasteiger partial charge < -0.3 is 9.73 Å². The van der Waals surface area contributed by atoms with Crippen molar-refractivity contribution in [3.63, 3.8) is 0 Å². The molecule has 0 radical (unpaired) electrons. The number of furan rings is 1. The lowest BCUT2D eigenvalue weighted by Crippen LogP contribution is -2.17. The second kappa shape index (κ2) is 6.21. The van der Waals surface area contributed by atoms with Crippen LogP contribution in [-0.2, 0) is 13.1 Å². The average Bonchev–Trinajstić information content (AvgIpc) is 2.90. The van der Waals surface area contributed by atoms with Crippen LogP contribution in [0.2, 0.25) is 0 Å². The Morgan fingerprint density at radius 1 is 1.35 bits per heavy atom. The third kappa shape index (κ3) is 3.36. The Hall–Kier alpha value is -2.34. The molecule has 1 aromatic heterocycles. The highest BCUT2D eigenvalue weighted by atomic mass is 16.6. The summed E-state index contributed by atoms with van der Waals surface area (Å²) in [5, 5.41) is 13.7. The lowest BCUT2D eigenvalue weighted by Gasteiger charge is -2.15.